The fraction of sp³-hybridized carbons (Fsp3) is 0.417. The zero-order valence-corrected chi connectivity index (χ0v) is 12.5. The molecule has 1 atom stereocenters. The Morgan fingerprint density at radius 2 is 2.15 bits per heavy atom. The smallest absolute Gasteiger partial charge is 0.326 e. The topological polar surface area (TPSA) is 114 Å². The van der Waals surface area contributed by atoms with Gasteiger partial charge in [-0.15, -0.1) is 0 Å². The summed E-state index contributed by atoms with van der Waals surface area (Å²) in [4.78, 5) is 33.9. The van der Waals surface area contributed by atoms with E-state index in [1.807, 2.05) is 6.92 Å². The zero-order valence-electron chi connectivity index (χ0n) is 10.9. The summed E-state index contributed by atoms with van der Waals surface area (Å²) in [5, 5.41) is 11.3. The molecular formula is C12H16BrN3O4. The van der Waals surface area contributed by atoms with Gasteiger partial charge in [-0.3, -0.25) is 9.59 Å². The number of carboxylic acid groups (broad SMARTS) is 1. The molecule has 1 aromatic heterocycles. The Morgan fingerprint density at radius 1 is 1.50 bits per heavy atom. The van der Waals surface area contributed by atoms with E-state index in [9.17, 15) is 14.4 Å². The van der Waals surface area contributed by atoms with E-state index < -0.39 is 30.2 Å². The summed E-state index contributed by atoms with van der Waals surface area (Å²) in [5.41, 5.74) is 5.29. The molecule has 0 aromatic carbocycles. The second-order valence-corrected chi connectivity index (χ2v) is 5.19. The number of primary amides is 1. The van der Waals surface area contributed by atoms with Crippen molar-refractivity contribution in [2.24, 2.45) is 5.73 Å². The van der Waals surface area contributed by atoms with Gasteiger partial charge in [0, 0.05) is 17.2 Å². The molecule has 0 aliphatic rings. The van der Waals surface area contributed by atoms with Crippen LogP contribution in [0.3, 0.4) is 0 Å². The van der Waals surface area contributed by atoms with Crippen LogP contribution in [0, 0.1) is 0 Å². The lowest BCUT2D eigenvalue weighted by atomic mass is 10.2. The Hall–Kier alpha value is -1.83. The maximum atomic E-state index is 12.1. The number of amides is 2. The summed E-state index contributed by atoms with van der Waals surface area (Å²) in [6, 6.07) is 0.262. The summed E-state index contributed by atoms with van der Waals surface area (Å²) >= 11 is 3.27. The zero-order chi connectivity index (χ0) is 15.3. The molecular weight excluding hydrogens is 330 g/mol. The van der Waals surface area contributed by atoms with Gasteiger partial charge >= 0.3 is 5.97 Å². The predicted molar refractivity (Wildman–Crippen MR) is 75.1 cm³/mol. The number of halogens is 1. The molecule has 1 aromatic rings. The third kappa shape index (κ3) is 4.37. The highest BCUT2D eigenvalue weighted by atomic mass is 79.9. The number of hydrogen-bond donors (Lipinski definition) is 3. The van der Waals surface area contributed by atoms with Crippen molar-refractivity contribution in [3.05, 3.63) is 22.4 Å². The first kappa shape index (κ1) is 16.2. The standard InChI is InChI=1S/C12H16BrN3O4/c1-2-3-16-6-7(13)4-9(16)11(18)15-8(12(19)20)5-10(14)17/h4,6,8H,2-3,5H2,1H3,(H2,14,17)(H,15,18)(H,19,20)/t8-/m1/s1. The molecule has 0 unspecified atom stereocenters. The molecule has 0 radical (unpaired) electrons. The number of carbonyl (C=O) groups excluding carboxylic acids is 2. The van der Waals surface area contributed by atoms with Crippen molar-refractivity contribution in [1.29, 1.82) is 0 Å². The van der Waals surface area contributed by atoms with E-state index in [1.165, 1.54) is 0 Å². The molecule has 8 heteroatoms. The van der Waals surface area contributed by atoms with Gasteiger partial charge in [0.2, 0.25) is 5.91 Å². The fourth-order valence-corrected chi connectivity index (χ4v) is 2.19. The van der Waals surface area contributed by atoms with Crippen LogP contribution < -0.4 is 11.1 Å². The van der Waals surface area contributed by atoms with Gasteiger partial charge in [0.25, 0.3) is 5.91 Å². The largest absolute Gasteiger partial charge is 0.480 e. The van der Waals surface area contributed by atoms with Crippen LogP contribution in [0.1, 0.15) is 30.3 Å². The highest BCUT2D eigenvalue weighted by Crippen LogP contribution is 2.15. The lowest BCUT2D eigenvalue weighted by Gasteiger charge is -2.14. The van der Waals surface area contributed by atoms with Crippen molar-refractivity contribution < 1.29 is 19.5 Å². The predicted octanol–water partition coefficient (Wildman–Crippen LogP) is 0.719. The maximum Gasteiger partial charge on any atom is 0.326 e. The molecule has 0 saturated carbocycles. The Balaban J connectivity index is 2.88. The third-order valence-electron chi connectivity index (χ3n) is 2.57. The summed E-state index contributed by atoms with van der Waals surface area (Å²) in [6.45, 7) is 2.59. The number of carboxylic acids is 1. The minimum absolute atomic E-state index is 0.328. The Labute approximate surface area is 124 Å². The number of nitrogens with two attached hydrogens (primary N) is 1. The second kappa shape index (κ2) is 7.09. The van der Waals surface area contributed by atoms with E-state index >= 15 is 0 Å². The first-order valence-corrected chi connectivity index (χ1v) is 6.82. The summed E-state index contributed by atoms with van der Waals surface area (Å²) < 4.78 is 2.43. The molecule has 0 bridgehead atoms. The van der Waals surface area contributed by atoms with Crippen molar-refractivity contribution in [3.63, 3.8) is 0 Å². The van der Waals surface area contributed by atoms with Crippen LogP contribution in [0.2, 0.25) is 0 Å². The number of carbonyl (C=O) groups is 3. The monoisotopic (exact) mass is 345 g/mol. The van der Waals surface area contributed by atoms with Crippen molar-refractivity contribution in [2.75, 3.05) is 0 Å². The highest BCUT2D eigenvalue weighted by molar-refractivity contribution is 9.10. The molecule has 0 saturated heterocycles. The van der Waals surface area contributed by atoms with Crippen LogP contribution in [0.4, 0.5) is 0 Å². The number of nitrogens with zero attached hydrogens (tertiary/aromatic N) is 1. The molecule has 20 heavy (non-hydrogen) atoms. The molecule has 0 fully saturated rings. The number of hydrogen-bond acceptors (Lipinski definition) is 3. The van der Waals surface area contributed by atoms with Crippen LogP contribution >= 0.6 is 15.9 Å². The average Bonchev–Trinajstić information content (AvgIpc) is 2.69. The molecule has 110 valence electrons. The van der Waals surface area contributed by atoms with E-state index in [2.05, 4.69) is 21.2 Å². The lowest BCUT2D eigenvalue weighted by Crippen LogP contribution is -2.43. The van der Waals surface area contributed by atoms with E-state index in [0.717, 1.165) is 10.9 Å². The Morgan fingerprint density at radius 3 is 2.65 bits per heavy atom. The van der Waals surface area contributed by atoms with Gasteiger partial charge in [-0.05, 0) is 28.4 Å². The molecule has 1 heterocycles. The van der Waals surface area contributed by atoms with Crippen LogP contribution in [-0.2, 0) is 16.1 Å². The Bertz CT molecular complexity index is 527. The molecule has 4 N–H and O–H groups in total. The first-order chi connectivity index (χ1) is 9.35. The number of aromatic nitrogens is 1. The summed E-state index contributed by atoms with van der Waals surface area (Å²) in [5.74, 6) is -2.65. The van der Waals surface area contributed by atoms with Crippen LogP contribution in [0.15, 0.2) is 16.7 Å². The van der Waals surface area contributed by atoms with Gasteiger partial charge in [0.1, 0.15) is 11.7 Å². The van der Waals surface area contributed by atoms with E-state index in [0.29, 0.717) is 12.2 Å². The number of aryl methyl sites for hydroxylation is 1. The minimum Gasteiger partial charge on any atom is -0.480 e. The average molecular weight is 346 g/mol. The van der Waals surface area contributed by atoms with E-state index in [-0.39, 0.29) is 0 Å². The lowest BCUT2D eigenvalue weighted by molar-refractivity contribution is -0.140. The molecule has 7 nitrogen and oxygen atoms in total. The van der Waals surface area contributed by atoms with E-state index in [1.54, 1.807) is 16.8 Å². The van der Waals surface area contributed by atoms with Crippen LogP contribution in [0.25, 0.3) is 0 Å². The van der Waals surface area contributed by atoms with Gasteiger partial charge in [0.05, 0.1) is 6.42 Å². The molecule has 0 aliphatic heterocycles. The van der Waals surface area contributed by atoms with Gasteiger partial charge in [0.15, 0.2) is 0 Å². The maximum absolute atomic E-state index is 12.1. The normalized spacial score (nSPS) is 11.9. The Kier molecular flexibility index (Phi) is 5.75. The minimum atomic E-state index is -1.33. The van der Waals surface area contributed by atoms with Crippen LogP contribution in [0.5, 0.6) is 0 Å². The number of rotatable bonds is 7. The molecule has 0 aliphatic carbocycles. The van der Waals surface area contributed by atoms with Gasteiger partial charge in [-0.2, -0.15) is 0 Å². The van der Waals surface area contributed by atoms with Crippen molar-refractivity contribution in [1.82, 2.24) is 9.88 Å². The van der Waals surface area contributed by atoms with E-state index in [4.69, 9.17) is 10.8 Å². The highest BCUT2D eigenvalue weighted by Gasteiger charge is 2.24. The van der Waals surface area contributed by atoms with Crippen LogP contribution in [-0.4, -0.2) is 33.5 Å². The summed E-state index contributed by atoms with van der Waals surface area (Å²) in [7, 11) is 0. The second-order valence-electron chi connectivity index (χ2n) is 4.27. The van der Waals surface area contributed by atoms with Crippen molar-refractivity contribution in [2.45, 2.75) is 32.4 Å². The third-order valence-corrected chi connectivity index (χ3v) is 3.00. The summed E-state index contributed by atoms with van der Waals surface area (Å²) in [6.07, 6.45) is 2.12. The SMILES string of the molecule is CCCn1cc(Br)cc1C(=O)N[C@H](CC(N)=O)C(=O)O. The fourth-order valence-electron chi connectivity index (χ4n) is 1.72. The number of nitrogens with one attached hydrogen (secondary N) is 1. The van der Waals surface area contributed by atoms with Gasteiger partial charge in [-0.1, -0.05) is 6.92 Å². The number of aliphatic carboxylic acids is 1. The molecule has 0 spiro atoms. The van der Waals surface area contributed by atoms with Gasteiger partial charge < -0.3 is 20.7 Å². The first-order valence-electron chi connectivity index (χ1n) is 6.02. The molecule has 1 rings (SSSR count). The van der Waals surface area contributed by atoms with Gasteiger partial charge in [-0.25, -0.2) is 4.79 Å². The molecule has 2 amide bonds. The van der Waals surface area contributed by atoms with Crippen molar-refractivity contribution in [3.8, 4) is 0 Å². The quantitative estimate of drug-likeness (QED) is 0.675. The van der Waals surface area contributed by atoms with Crippen molar-refractivity contribution >= 4 is 33.7 Å².